The van der Waals surface area contributed by atoms with Gasteiger partial charge < -0.3 is 20.1 Å². The third kappa shape index (κ3) is 6.19. The summed E-state index contributed by atoms with van der Waals surface area (Å²) in [5.74, 6) is -0.584. The fourth-order valence-corrected chi connectivity index (χ4v) is 3.46. The van der Waals surface area contributed by atoms with Crippen molar-refractivity contribution in [2.45, 2.75) is 12.6 Å². The number of carbonyl (C=O) groups excluding carboxylic acids is 2. The van der Waals surface area contributed by atoms with E-state index < -0.39 is 11.8 Å². The van der Waals surface area contributed by atoms with E-state index in [0.29, 0.717) is 24.8 Å². The molecule has 160 valence electrons. The molecule has 2 amide bonds. The van der Waals surface area contributed by atoms with Crippen molar-refractivity contribution in [2.75, 3.05) is 40.0 Å². The Labute approximate surface area is 181 Å². The Morgan fingerprint density at radius 3 is 2.50 bits per heavy atom. The van der Waals surface area contributed by atoms with Crippen LogP contribution in [0.2, 0.25) is 5.02 Å². The number of amides is 2. The number of ether oxygens (including phenoxy) is 2. The van der Waals surface area contributed by atoms with E-state index in [1.807, 2.05) is 24.3 Å². The van der Waals surface area contributed by atoms with Gasteiger partial charge in [-0.15, -0.1) is 0 Å². The van der Waals surface area contributed by atoms with Gasteiger partial charge in [0.1, 0.15) is 5.75 Å². The molecule has 3 rings (SSSR count). The van der Waals surface area contributed by atoms with E-state index in [1.165, 1.54) is 0 Å². The van der Waals surface area contributed by atoms with Crippen molar-refractivity contribution in [1.82, 2.24) is 15.5 Å². The van der Waals surface area contributed by atoms with Crippen molar-refractivity contribution in [1.29, 1.82) is 0 Å². The molecule has 30 heavy (non-hydrogen) atoms. The van der Waals surface area contributed by atoms with E-state index in [9.17, 15) is 9.59 Å². The van der Waals surface area contributed by atoms with Crippen LogP contribution in [0.4, 0.5) is 0 Å². The minimum absolute atomic E-state index is 0.0861. The second-order valence-electron chi connectivity index (χ2n) is 6.96. The van der Waals surface area contributed by atoms with Crippen molar-refractivity contribution in [3.8, 4) is 5.75 Å². The lowest BCUT2D eigenvalue weighted by Crippen LogP contribution is -2.46. The molecule has 8 heteroatoms. The number of hydrogen-bond donors (Lipinski definition) is 2. The predicted octanol–water partition coefficient (Wildman–Crippen LogP) is 2.15. The highest BCUT2D eigenvalue weighted by atomic mass is 35.5. The summed E-state index contributed by atoms with van der Waals surface area (Å²) >= 11 is 5.86. The molecule has 0 unspecified atom stereocenters. The van der Waals surface area contributed by atoms with Crippen LogP contribution >= 0.6 is 11.6 Å². The van der Waals surface area contributed by atoms with Gasteiger partial charge in [-0.25, -0.2) is 0 Å². The Hall–Kier alpha value is -2.61. The summed E-state index contributed by atoms with van der Waals surface area (Å²) in [5, 5.41) is 6.02. The Morgan fingerprint density at radius 1 is 1.10 bits per heavy atom. The summed E-state index contributed by atoms with van der Waals surface area (Å²) in [6, 6.07) is 14.7. The van der Waals surface area contributed by atoms with Gasteiger partial charge in [0.05, 0.1) is 26.4 Å². The fraction of sp³-hybridized carbons (Fsp3) is 0.364. The van der Waals surface area contributed by atoms with E-state index in [2.05, 4.69) is 15.5 Å². The fourth-order valence-electron chi connectivity index (χ4n) is 3.33. The van der Waals surface area contributed by atoms with Gasteiger partial charge in [0.15, 0.2) is 0 Å². The number of nitrogens with one attached hydrogen (secondary N) is 2. The molecule has 1 saturated heterocycles. The number of morpholine rings is 1. The molecule has 0 aromatic heterocycles. The largest absolute Gasteiger partial charge is 0.497 e. The average Bonchev–Trinajstić information content (AvgIpc) is 2.79. The number of benzene rings is 2. The molecule has 0 aliphatic carbocycles. The summed E-state index contributed by atoms with van der Waals surface area (Å²) in [5.41, 5.74) is 1.88. The molecule has 2 N–H and O–H groups in total. The minimum atomic E-state index is -0.670. The van der Waals surface area contributed by atoms with Crippen molar-refractivity contribution < 1.29 is 19.1 Å². The zero-order valence-corrected chi connectivity index (χ0v) is 17.7. The molecule has 1 aliphatic heterocycles. The van der Waals surface area contributed by atoms with Crippen LogP contribution in [-0.2, 0) is 20.9 Å². The Bertz CT molecular complexity index is 854. The van der Waals surface area contributed by atoms with E-state index >= 15 is 0 Å². The summed E-state index contributed by atoms with van der Waals surface area (Å²) in [7, 11) is 1.62. The van der Waals surface area contributed by atoms with Gasteiger partial charge >= 0.3 is 11.8 Å². The zero-order chi connectivity index (χ0) is 21.3. The first-order chi connectivity index (χ1) is 14.6. The summed E-state index contributed by atoms with van der Waals surface area (Å²) in [6.45, 7) is 3.33. The number of methoxy groups -OCH3 is 1. The average molecular weight is 432 g/mol. The SMILES string of the molecule is COc1cccc([C@@H](CNC(=O)C(=O)NCc2ccc(Cl)cc2)N2CCOCC2)c1. The van der Waals surface area contributed by atoms with Gasteiger partial charge in [0.25, 0.3) is 0 Å². The number of rotatable bonds is 7. The van der Waals surface area contributed by atoms with Crippen LogP contribution in [0.25, 0.3) is 0 Å². The number of carbonyl (C=O) groups is 2. The molecular weight excluding hydrogens is 406 g/mol. The van der Waals surface area contributed by atoms with Crippen LogP contribution in [0.15, 0.2) is 48.5 Å². The molecular formula is C22H26ClN3O4. The maximum absolute atomic E-state index is 12.3. The third-order valence-corrected chi connectivity index (χ3v) is 5.25. The quantitative estimate of drug-likeness (QED) is 0.657. The van der Waals surface area contributed by atoms with E-state index in [1.54, 1.807) is 31.4 Å². The maximum atomic E-state index is 12.3. The highest BCUT2D eigenvalue weighted by Gasteiger charge is 2.24. The maximum Gasteiger partial charge on any atom is 0.309 e. The number of nitrogens with zero attached hydrogens (tertiary/aromatic N) is 1. The van der Waals surface area contributed by atoms with Crippen molar-refractivity contribution in [3.63, 3.8) is 0 Å². The molecule has 0 spiro atoms. The Balaban J connectivity index is 1.60. The zero-order valence-electron chi connectivity index (χ0n) is 16.9. The Kier molecular flexibility index (Phi) is 8.07. The Morgan fingerprint density at radius 2 is 1.80 bits per heavy atom. The molecule has 7 nitrogen and oxygen atoms in total. The smallest absolute Gasteiger partial charge is 0.309 e. The van der Waals surface area contributed by atoms with Crippen molar-refractivity contribution in [3.05, 3.63) is 64.7 Å². The lowest BCUT2D eigenvalue weighted by molar-refractivity contribution is -0.139. The van der Waals surface area contributed by atoms with Crippen LogP contribution in [0.5, 0.6) is 5.75 Å². The monoisotopic (exact) mass is 431 g/mol. The van der Waals surface area contributed by atoms with Crippen molar-refractivity contribution >= 4 is 23.4 Å². The van der Waals surface area contributed by atoms with Crippen LogP contribution in [-0.4, -0.2) is 56.7 Å². The van der Waals surface area contributed by atoms with Crippen molar-refractivity contribution in [2.24, 2.45) is 0 Å². The molecule has 1 fully saturated rings. The summed E-state index contributed by atoms with van der Waals surface area (Å²) < 4.78 is 10.8. The normalized spacial score (nSPS) is 15.3. The van der Waals surface area contributed by atoms with Crippen LogP contribution in [0.3, 0.4) is 0 Å². The van der Waals surface area contributed by atoms with Gasteiger partial charge in [-0.1, -0.05) is 35.9 Å². The number of hydrogen-bond acceptors (Lipinski definition) is 5. The summed E-state index contributed by atoms with van der Waals surface area (Å²) in [4.78, 5) is 26.8. The first-order valence-corrected chi connectivity index (χ1v) is 10.2. The molecule has 1 atom stereocenters. The topological polar surface area (TPSA) is 79.9 Å². The van der Waals surface area contributed by atoms with Crippen LogP contribution in [0, 0.1) is 0 Å². The standard InChI is InChI=1S/C22H26ClN3O4/c1-29-19-4-2-3-17(13-19)20(26-9-11-30-12-10-26)15-25-22(28)21(27)24-14-16-5-7-18(23)8-6-16/h2-8,13,20H,9-12,14-15H2,1H3,(H,24,27)(H,25,28)/t20-/m1/s1. The van der Waals surface area contributed by atoms with Gasteiger partial charge in [0.2, 0.25) is 0 Å². The molecule has 0 saturated carbocycles. The lowest BCUT2D eigenvalue weighted by Gasteiger charge is -2.35. The molecule has 1 heterocycles. The molecule has 1 aliphatic rings. The second kappa shape index (κ2) is 11.0. The van der Waals surface area contributed by atoms with Crippen LogP contribution < -0.4 is 15.4 Å². The minimum Gasteiger partial charge on any atom is -0.497 e. The van der Waals surface area contributed by atoms with Gasteiger partial charge in [-0.05, 0) is 35.4 Å². The van der Waals surface area contributed by atoms with E-state index in [0.717, 1.165) is 30.0 Å². The highest BCUT2D eigenvalue weighted by Crippen LogP contribution is 2.24. The predicted molar refractivity (Wildman–Crippen MR) is 114 cm³/mol. The lowest BCUT2D eigenvalue weighted by atomic mass is 10.0. The van der Waals surface area contributed by atoms with Gasteiger partial charge in [-0.2, -0.15) is 0 Å². The van der Waals surface area contributed by atoms with Crippen LogP contribution in [0.1, 0.15) is 17.2 Å². The molecule has 2 aromatic rings. The second-order valence-corrected chi connectivity index (χ2v) is 7.40. The van der Waals surface area contributed by atoms with E-state index in [-0.39, 0.29) is 12.6 Å². The molecule has 0 bridgehead atoms. The first kappa shape index (κ1) is 22.1. The van der Waals surface area contributed by atoms with Gasteiger partial charge in [0, 0.05) is 31.2 Å². The third-order valence-electron chi connectivity index (χ3n) is 4.99. The highest BCUT2D eigenvalue weighted by molar-refractivity contribution is 6.35. The van der Waals surface area contributed by atoms with E-state index in [4.69, 9.17) is 21.1 Å². The first-order valence-electron chi connectivity index (χ1n) is 9.83. The molecule has 0 radical (unpaired) electrons. The number of halogens is 1. The van der Waals surface area contributed by atoms with Gasteiger partial charge in [-0.3, -0.25) is 14.5 Å². The summed E-state index contributed by atoms with van der Waals surface area (Å²) in [6.07, 6.45) is 0. The molecule has 2 aromatic carbocycles.